The van der Waals surface area contributed by atoms with Crippen LogP contribution in [0.15, 0.2) is 24.3 Å². The van der Waals surface area contributed by atoms with Gasteiger partial charge < -0.3 is 20.4 Å². The van der Waals surface area contributed by atoms with Crippen LogP contribution < -0.4 is 5.32 Å². The van der Waals surface area contributed by atoms with Gasteiger partial charge in [-0.1, -0.05) is 12.1 Å². The van der Waals surface area contributed by atoms with E-state index >= 15 is 0 Å². The predicted octanol–water partition coefficient (Wildman–Crippen LogP) is 1.55. The Labute approximate surface area is 123 Å². The van der Waals surface area contributed by atoms with E-state index in [0.717, 1.165) is 12.8 Å². The number of nitrogens with zero attached hydrogens (tertiary/aromatic N) is 1. The van der Waals surface area contributed by atoms with Gasteiger partial charge in [0.1, 0.15) is 0 Å². The van der Waals surface area contributed by atoms with E-state index in [2.05, 4.69) is 5.32 Å². The van der Waals surface area contributed by atoms with Gasteiger partial charge in [-0.15, -0.1) is 0 Å². The lowest BCUT2D eigenvalue weighted by atomic mass is 9.98. The number of nitrogens with one attached hydrogen (secondary N) is 1. The predicted molar refractivity (Wildman–Crippen MR) is 78.2 cm³/mol. The average molecular weight is 292 g/mol. The number of carboxylic acids is 1. The number of piperidine rings is 1. The first-order chi connectivity index (χ1) is 10.1. The maximum Gasteiger partial charge on any atom is 0.321 e. The molecule has 1 fully saturated rings. The summed E-state index contributed by atoms with van der Waals surface area (Å²) in [7, 11) is 0. The number of aliphatic hydroxyl groups excluding tert-OH is 1. The number of anilines is 1. The van der Waals surface area contributed by atoms with Crippen molar-refractivity contribution in [2.75, 3.05) is 25.0 Å². The minimum Gasteiger partial charge on any atom is -0.481 e. The van der Waals surface area contributed by atoms with Gasteiger partial charge in [0.2, 0.25) is 0 Å². The molecule has 0 spiro atoms. The van der Waals surface area contributed by atoms with Crippen molar-refractivity contribution in [3.63, 3.8) is 0 Å². The molecule has 0 saturated carbocycles. The van der Waals surface area contributed by atoms with E-state index in [9.17, 15) is 9.59 Å². The Morgan fingerprint density at radius 1 is 1.29 bits per heavy atom. The molecule has 114 valence electrons. The highest BCUT2D eigenvalue weighted by molar-refractivity contribution is 5.89. The monoisotopic (exact) mass is 292 g/mol. The van der Waals surface area contributed by atoms with Crippen molar-refractivity contribution >= 4 is 17.7 Å². The third kappa shape index (κ3) is 4.46. The minimum absolute atomic E-state index is 0.0639. The fourth-order valence-electron chi connectivity index (χ4n) is 2.45. The molecular formula is C15H20N2O4. The maximum atomic E-state index is 12.1. The number of benzene rings is 1. The SMILES string of the molecule is O=C(O)Cc1cccc(NC(=O)N2CCC(CO)CC2)c1. The van der Waals surface area contributed by atoms with E-state index in [0.29, 0.717) is 24.3 Å². The molecule has 2 amide bonds. The Kier molecular flexibility index (Phi) is 5.16. The molecule has 1 aliphatic heterocycles. The van der Waals surface area contributed by atoms with Gasteiger partial charge in [-0.05, 0) is 36.5 Å². The van der Waals surface area contributed by atoms with Crippen LogP contribution in [-0.2, 0) is 11.2 Å². The number of aliphatic hydroxyl groups is 1. The van der Waals surface area contributed by atoms with Crippen LogP contribution in [0.1, 0.15) is 18.4 Å². The molecule has 2 rings (SSSR count). The summed E-state index contributed by atoms with van der Waals surface area (Å²) in [5.74, 6) is -0.613. The van der Waals surface area contributed by atoms with Crippen molar-refractivity contribution in [2.45, 2.75) is 19.3 Å². The lowest BCUT2D eigenvalue weighted by molar-refractivity contribution is -0.136. The number of carboxylic acid groups (broad SMARTS) is 1. The Morgan fingerprint density at radius 2 is 2.00 bits per heavy atom. The van der Waals surface area contributed by atoms with E-state index in [1.165, 1.54) is 0 Å². The first-order valence-corrected chi connectivity index (χ1v) is 7.06. The van der Waals surface area contributed by atoms with E-state index in [1.54, 1.807) is 29.2 Å². The van der Waals surface area contributed by atoms with Gasteiger partial charge in [0.25, 0.3) is 0 Å². The molecule has 6 nitrogen and oxygen atoms in total. The summed E-state index contributed by atoms with van der Waals surface area (Å²) >= 11 is 0. The number of aliphatic carboxylic acids is 1. The third-order valence-electron chi connectivity index (χ3n) is 3.69. The van der Waals surface area contributed by atoms with Crippen molar-refractivity contribution in [3.8, 4) is 0 Å². The summed E-state index contributed by atoms with van der Waals surface area (Å²) in [6, 6.07) is 6.68. The number of urea groups is 1. The standard InChI is InChI=1S/C15H20N2O4/c18-10-11-4-6-17(7-5-11)15(21)16-13-3-1-2-12(8-13)9-14(19)20/h1-3,8,11,18H,4-7,9-10H2,(H,16,21)(H,19,20). The van der Waals surface area contributed by atoms with Crippen molar-refractivity contribution in [1.29, 1.82) is 0 Å². The van der Waals surface area contributed by atoms with Crippen LogP contribution in [0.4, 0.5) is 10.5 Å². The number of carbonyl (C=O) groups excluding carboxylic acids is 1. The fourth-order valence-corrected chi connectivity index (χ4v) is 2.45. The van der Waals surface area contributed by atoms with Crippen molar-refractivity contribution < 1.29 is 19.8 Å². The van der Waals surface area contributed by atoms with E-state index in [4.69, 9.17) is 10.2 Å². The van der Waals surface area contributed by atoms with Crippen molar-refractivity contribution in [1.82, 2.24) is 4.90 Å². The van der Waals surface area contributed by atoms with Crippen LogP contribution in [0.5, 0.6) is 0 Å². The van der Waals surface area contributed by atoms with Crippen LogP contribution in [-0.4, -0.2) is 46.8 Å². The number of likely N-dealkylation sites (tertiary alicyclic amines) is 1. The summed E-state index contributed by atoms with van der Waals surface area (Å²) < 4.78 is 0. The highest BCUT2D eigenvalue weighted by Crippen LogP contribution is 2.18. The Hall–Kier alpha value is -2.08. The molecule has 6 heteroatoms. The zero-order valence-electron chi connectivity index (χ0n) is 11.8. The largest absolute Gasteiger partial charge is 0.481 e. The Morgan fingerprint density at radius 3 is 2.62 bits per heavy atom. The van der Waals surface area contributed by atoms with Crippen molar-refractivity contribution in [2.24, 2.45) is 5.92 Å². The molecule has 1 aromatic carbocycles. The molecule has 1 heterocycles. The summed E-state index contributed by atoms with van der Waals surface area (Å²) in [5.41, 5.74) is 1.25. The Bertz CT molecular complexity index is 510. The first kappa shape index (κ1) is 15.3. The molecule has 3 N–H and O–H groups in total. The zero-order valence-corrected chi connectivity index (χ0v) is 11.8. The van der Waals surface area contributed by atoms with Gasteiger partial charge in [0.05, 0.1) is 6.42 Å². The van der Waals surface area contributed by atoms with Crippen molar-refractivity contribution in [3.05, 3.63) is 29.8 Å². The zero-order chi connectivity index (χ0) is 15.2. The number of hydrogen-bond donors (Lipinski definition) is 3. The lowest BCUT2D eigenvalue weighted by Crippen LogP contribution is -2.41. The molecule has 1 saturated heterocycles. The lowest BCUT2D eigenvalue weighted by Gasteiger charge is -2.31. The van der Waals surface area contributed by atoms with Gasteiger partial charge in [0.15, 0.2) is 0 Å². The quantitative estimate of drug-likeness (QED) is 0.785. The first-order valence-electron chi connectivity index (χ1n) is 7.06. The molecular weight excluding hydrogens is 272 g/mol. The molecule has 1 aromatic rings. The minimum atomic E-state index is -0.899. The van der Waals surface area contributed by atoms with E-state index in [-0.39, 0.29) is 25.0 Å². The van der Waals surface area contributed by atoms with Crippen LogP contribution in [0, 0.1) is 5.92 Å². The van der Waals surface area contributed by atoms with Gasteiger partial charge >= 0.3 is 12.0 Å². The second-order valence-electron chi connectivity index (χ2n) is 5.31. The van der Waals surface area contributed by atoms with Gasteiger partial charge in [-0.25, -0.2) is 4.79 Å². The Balaban J connectivity index is 1.92. The van der Waals surface area contributed by atoms with Gasteiger partial charge in [-0.3, -0.25) is 4.79 Å². The molecule has 0 aliphatic carbocycles. The number of rotatable bonds is 4. The summed E-state index contributed by atoms with van der Waals surface area (Å²) in [5, 5.41) is 20.7. The van der Waals surface area contributed by atoms with Gasteiger partial charge in [-0.2, -0.15) is 0 Å². The average Bonchev–Trinajstić information content (AvgIpc) is 2.47. The normalized spacial score (nSPS) is 15.8. The van der Waals surface area contributed by atoms with E-state index in [1.807, 2.05) is 0 Å². The maximum absolute atomic E-state index is 12.1. The number of hydrogen-bond acceptors (Lipinski definition) is 3. The molecule has 0 atom stereocenters. The smallest absolute Gasteiger partial charge is 0.321 e. The molecule has 0 unspecified atom stereocenters. The summed E-state index contributed by atoms with van der Waals surface area (Å²) in [6.45, 7) is 1.43. The number of carbonyl (C=O) groups is 2. The van der Waals surface area contributed by atoms with Crippen LogP contribution >= 0.6 is 0 Å². The molecule has 21 heavy (non-hydrogen) atoms. The highest BCUT2D eigenvalue weighted by atomic mass is 16.4. The topological polar surface area (TPSA) is 89.9 Å². The second-order valence-corrected chi connectivity index (χ2v) is 5.31. The second kappa shape index (κ2) is 7.08. The van der Waals surface area contributed by atoms with Gasteiger partial charge in [0, 0.05) is 25.4 Å². The fraction of sp³-hybridized carbons (Fsp3) is 0.467. The van der Waals surface area contributed by atoms with Crippen LogP contribution in [0.25, 0.3) is 0 Å². The highest BCUT2D eigenvalue weighted by Gasteiger charge is 2.22. The summed E-state index contributed by atoms with van der Waals surface area (Å²) in [6.07, 6.45) is 1.55. The third-order valence-corrected chi connectivity index (χ3v) is 3.69. The van der Waals surface area contributed by atoms with Crippen LogP contribution in [0.3, 0.4) is 0 Å². The summed E-state index contributed by atoms with van der Waals surface area (Å²) in [4.78, 5) is 24.5. The number of amides is 2. The van der Waals surface area contributed by atoms with E-state index < -0.39 is 5.97 Å². The molecule has 0 radical (unpaired) electrons. The van der Waals surface area contributed by atoms with Crippen LogP contribution in [0.2, 0.25) is 0 Å². The molecule has 1 aliphatic rings. The molecule has 0 bridgehead atoms. The molecule has 0 aromatic heterocycles.